The van der Waals surface area contributed by atoms with Crippen LogP contribution in [0.2, 0.25) is 0 Å². The van der Waals surface area contributed by atoms with Crippen LogP contribution in [0.1, 0.15) is 6.92 Å². The Morgan fingerprint density at radius 1 is 1.20 bits per heavy atom. The highest BCUT2D eigenvalue weighted by Crippen LogP contribution is 2.19. The smallest absolute Gasteiger partial charge is 0.408 e. The Kier molecular flexibility index (Phi) is 3.91. The lowest BCUT2D eigenvalue weighted by Gasteiger charge is -2.16. The molecule has 0 aromatic heterocycles. The van der Waals surface area contributed by atoms with Gasteiger partial charge in [-0.1, -0.05) is 12.1 Å². The SMILES string of the molecule is CC1(NC(=O)O)N=c2ccc(OS(=O)(=O)c3ccccc3F)cc2=N1. The first-order valence-corrected chi connectivity index (χ1v) is 8.39. The summed E-state index contributed by atoms with van der Waals surface area (Å²) in [5.41, 5.74) is 0. The summed E-state index contributed by atoms with van der Waals surface area (Å²) in [7, 11) is -4.37. The Labute approximate surface area is 141 Å². The topological polar surface area (TPSA) is 117 Å². The Bertz CT molecular complexity index is 1090. The standard InChI is InChI=1S/C15H12FN3O5S/c1-15(19-14(20)21)17-11-7-6-9(8-12(11)18-15)24-25(22,23)13-5-3-2-4-10(13)16/h2-8,19H,1H3,(H,20,21). The lowest BCUT2D eigenvalue weighted by molar-refractivity contribution is 0.182. The second kappa shape index (κ2) is 5.81. The summed E-state index contributed by atoms with van der Waals surface area (Å²) in [6.45, 7) is 1.44. The lowest BCUT2D eigenvalue weighted by Crippen LogP contribution is -2.41. The van der Waals surface area contributed by atoms with Gasteiger partial charge in [-0.25, -0.2) is 19.2 Å². The fourth-order valence-electron chi connectivity index (χ4n) is 2.31. The molecular weight excluding hydrogens is 353 g/mol. The molecule has 0 aliphatic carbocycles. The maximum atomic E-state index is 13.7. The molecule has 1 atom stereocenters. The van der Waals surface area contributed by atoms with E-state index < -0.39 is 32.7 Å². The van der Waals surface area contributed by atoms with E-state index >= 15 is 0 Å². The van der Waals surface area contributed by atoms with E-state index in [0.717, 1.165) is 12.1 Å². The molecule has 1 heterocycles. The maximum absolute atomic E-state index is 13.7. The third-order valence-electron chi connectivity index (χ3n) is 3.28. The van der Waals surface area contributed by atoms with E-state index in [9.17, 15) is 17.6 Å². The number of carbonyl (C=O) groups is 1. The van der Waals surface area contributed by atoms with Crippen molar-refractivity contribution in [2.24, 2.45) is 9.98 Å². The van der Waals surface area contributed by atoms with Crippen LogP contribution in [0, 0.1) is 5.82 Å². The van der Waals surface area contributed by atoms with Gasteiger partial charge in [0.1, 0.15) is 16.5 Å². The van der Waals surface area contributed by atoms with Gasteiger partial charge in [-0.3, -0.25) is 5.32 Å². The van der Waals surface area contributed by atoms with E-state index in [-0.39, 0.29) is 11.1 Å². The third-order valence-corrected chi connectivity index (χ3v) is 4.56. The molecule has 3 rings (SSSR count). The highest BCUT2D eigenvalue weighted by molar-refractivity contribution is 7.87. The molecule has 0 spiro atoms. The van der Waals surface area contributed by atoms with Gasteiger partial charge < -0.3 is 9.29 Å². The van der Waals surface area contributed by atoms with Gasteiger partial charge in [-0.2, -0.15) is 8.42 Å². The van der Waals surface area contributed by atoms with Crippen molar-refractivity contribution < 1.29 is 26.9 Å². The maximum Gasteiger partial charge on any atom is 0.408 e. The molecule has 0 fully saturated rings. The van der Waals surface area contributed by atoms with Crippen molar-refractivity contribution in [2.75, 3.05) is 0 Å². The molecule has 2 aromatic rings. The first kappa shape index (κ1) is 16.8. The number of rotatable bonds is 4. The second-order valence-corrected chi connectivity index (χ2v) is 6.81. The van der Waals surface area contributed by atoms with Crippen molar-refractivity contribution in [1.29, 1.82) is 0 Å². The monoisotopic (exact) mass is 365 g/mol. The van der Waals surface area contributed by atoms with Crippen molar-refractivity contribution >= 4 is 16.2 Å². The molecule has 0 bridgehead atoms. The van der Waals surface area contributed by atoms with Crippen LogP contribution < -0.4 is 20.2 Å². The molecule has 0 saturated carbocycles. The van der Waals surface area contributed by atoms with Gasteiger partial charge in [0.05, 0.1) is 10.7 Å². The molecule has 0 saturated heterocycles. The molecule has 1 unspecified atom stereocenters. The number of halogens is 1. The summed E-state index contributed by atoms with van der Waals surface area (Å²) in [5, 5.41) is 11.6. The molecule has 2 aromatic carbocycles. The van der Waals surface area contributed by atoms with Crippen LogP contribution in [0.3, 0.4) is 0 Å². The number of hydrogen-bond donors (Lipinski definition) is 2. The molecule has 130 valence electrons. The highest BCUT2D eigenvalue weighted by atomic mass is 32.2. The number of hydrogen-bond acceptors (Lipinski definition) is 6. The number of nitrogens with zero attached hydrogens (tertiary/aromatic N) is 2. The number of benzene rings is 2. The van der Waals surface area contributed by atoms with E-state index in [1.54, 1.807) is 0 Å². The third kappa shape index (κ3) is 3.43. The van der Waals surface area contributed by atoms with Gasteiger partial charge in [0.15, 0.2) is 0 Å². The summed E-state index contributed by atoms with van der Waals surface area (Å²) in [6, 6.07) is 8.87. The van der Waals surface area contributed by atoms with Crippen LogP contribution in [-0.2, 0) is 10.1 Å². The van der Waals surface area contributed by atoms with Crippen LogP contribution in [0.15, 0.2) is 57.3 Å². The average molecular weight is 365 g/mol. The van der Waals surface area contributed by atoms with Crippen LogP contribution in [0.4, 0.5) is 9.18 Å². The lowest BCUT2D eigenvalue weighted by atomic mass is 10.3. The number of nitrogens with one attached hydrogen (secondary N) is 1. The molecule has 1 amide bonds. The predicted octanol–water partition coefficient (Wildman–Crippen LogP) is 0.787. The fourth-order valence-corrected chi connectivity index (χ4v) is 3.31. The van der Waals surface area contributed by atoms with Gasteiger partial charge in [0, 0.05) is 13.0 Å². The van der Waals surface area contributed by atoms with Crippen molar-refractivity contribution in [1.82, 2.24) is 5.32 Å². The first-order valence-electron chi connectivity index (χ1n) is 6.98. The minimum absolute atomic E-state index is 0.0967. The minimum atomic E-state index is -4.37. The molecule has 1 aliphatic heterocycles. The van der Waals surface area contributed by atoms with E-state index in [0.29, 0.717) is 5.36 Å². The summed E-state index contributed by atoms with van der Waals surface area (Å²) in [5.74, 6) is -2.43. The van der Waals surface area contributed by atoms with E-state index in [2.05, 4.69) is 15.3 Å². The van der Waals surface area contributed by atoms with E-state index in [1.807, 2.05) is 0 Å². The quantitative estimate of drug-likeness (QED) is 0.777. The van der Waals surface area contributed by atoms with Crippen molar-refractivity contribution in [3.8, 4) is 5.75 Å². The van der Waals surface area contributed by atoms with Gasteiger partial charge in [0.2, 0.25) is 5.79 Å². The molecule has 8 nitrogen and oxygen atoms in total. The summed E-state index contributed by atoms with van der Waals surface area (Å²) < 4.78 is 43.0. The van der Waals surface area contributed by atoms with Crippen molar-refractivity contribution in [2.45, 2.75) is 17.6 Å². The largest absolute Gasteiger partial charge is 0.465 e. The second-order valence-electron chi connectivity index (χ2n) is 5.29. The summed E-state index contributed by atoms with van der Waals surface area (Å²) in [4.78, 5) is 18.4. The van der Waals surface area contributed by atoms with Gasteiger partial charge >= 0.3 is 16.2 Å². The fraction of sp³-hybridized carbons (Fsp3) is 0.133. The molecular formula is C15H12FN3O5S. The van der Waals surface area contributed by atoms with Crippen LogP contribution in [0.5, 0.6) is 5.75 Å². The molecule has 0 radical (unpaired) electrons. The molecule has 25 heavy (non-hydrogen) atoms. The van der Waals surface area contributed by atoms with Crippen LogP contribution >= 0.6 is 0 Å². The number of amides is 1. The Balaban J connectivity index is 1.95. The first-order chi connectivity index (χ1) is 11.7. The Hall–Kier alpha value is -3.01. The average Bonchev–Trinajstić information content (AvgIpc) is 2.81. The minimum Gasteiger partial charge on any atom is -0.465 e. The Morgan fingerprint density at radius 2 is 1.88 bits per heavy atom. The zero-order chi connectivity index (χ0) is 18.2. The van der Waals surface area contributed by atoms with Crippen LogP contribution in [-0.4, -0.2) is 25.4 Å². The van der Waals surface area contributed by atoms with Gasteiger partial charge in [-0.15, -0.1) is 0 Å². The van der Waals surface area contributed by atoms with Crippen molar-refractivity contribution in [3.63, 3.8) is 0 Å². The van der Waals surface area contributed by atoms with E-state index in [4.69, 9.17) is 9.29 Å². The molecule has 2 N–H and O–H groups in total. The zero-order valence-electron chi connectivity index (χ0n) is 12.8. The van der Waals surface area contributed by atoms with Crippen LogP contribution in [0.25, 0.3) is 0 Å². The summed E-state index contributed by atoms with van der Waals surface area (Å²) in [6.07, 6.45) is -1.30. The molecule has 1 aliphatic rings. The number of fused-ring (bicyclic) bond motifs is 1. The predicted molar refractivity (Wildman–Crippen MR) is 82.5 cm³/mol. The Morgan fingerprint density at radius 3 is 2.56 bits per heavy atom. The van der Waals surface area contributed by atoms with Gasteiger partial charge in [-0.05, 0) is 24.3 Å². The number of carboxylic acid groups (broad SMARTS) is 1. The van der Waals surface area contributed by atoms with Crippen molar-refractivity contribution in [3.05, 3.63) is 59.0 Å². The summed E-state index contributed by atoms with van der Waals surface area (Å²) >= 11 is 0. The normalized spacial score (nSPS) is 18.6. The highest BCUT2D eigenvalue weighted by Gasteiger charge is 2.27. The van der Waals surface area contributed by atoms with Gasteiger partial charge in [0.25, 0.3) is 0 Å². The zero-order valence-corrected chi connectivity index (χ0v) is 13.6. The molecule has 10 heteroatoms. The van der Waals surface area contributed by atoms with E-state index in [1.165, 1.54) is 37.3 Å².